The van der Waals surface area contributed by atoms with Gasteiger partial charge in [0.25, 0.3) is 0 Å². The standard InChI is InChI=1S/C14H10Br2O2/c15-11-1-3-13(17)9-6-10-8(5-7(9)11)12(16)2-4-14(10)18/h1-4,17-18H,5-6H2. The molecule has 3 rings (SSSR count). The van der Waals surface area contributed by atoms with Gasteiger partial charge in [0.05, 0.1) is 0 Å². The van der Waals surface area contributed by atoms with Gasteiger partial charge in [-0.15, -0.1) is 0 Å². The van der Waals surface area contributed by atoms with Crippen LogP contribution in [0, 0.1) is 0 Å². The Balaban J connectivity index is 2.24. The molecular weight excluding hydrogens is 360 g/mol. The number of fused-ring (bicyclic) bond motifs is 2. The number of benzene rings is 2. The van der Waals surface area contributed by atoms with E-state index in [0.29, 0.717) is 24.3 Å². The number of halogens is 2. The summed E-state index contributed by atoms with van der Waals surface area (Å²) in [5.41, 5.74) is 3.97. The topological polar surface area (TPSA) is 40.5 Å². The van der Waals surface area contributed by atoms with E-state index in [1.807, 2.05) is 12.1 Å². The third-order valence-electron chi connectivity index (χ3n) is 3.41. The summed E-state index contributed by atoms with van der Waals surface area (Å²) < 4.78 is 1.99. The number of hydrogen-bond acceptors (Lipinski definition) is 2. The Labute approximate surface area is 122 Å². The van der Waals surface area contributed by atoms with Crippen LogP contribution in [0.1, 0.15) is 22.3 Å². The van der Waals surface area contributed by atoms with Gasteiger partial charge >= 0.3 is 0 Å². The zero-order chi connectivity index (χ0) is 12.9. The molecule has 1 aliphatic rings. The number of rotatable bonds is 0. The minimum absolute atomic E-state index is 0.290. The van der Waals surface area contributed by atoms with E-state index in [0.717, 1.165) is 31.2 Å². The maximum Gasteiger partial charge on any atom is 0.119 e. The van der Waals surface area contributed by atoms with Crippen molar-refractivity contribution in [2.45, 2.75) is 12.8 Å². The lowest BCUT2D eigenvalue weighted by atomic mass is 9.85. The van der Waals surface area contributed by atoms with E-state index in [1.165, 1.54) is 0 Å². The fourth-order valence-electron chi connectivity index (χ4n) is 2.43. The summed E-state index contributed by atoms with van der Waals surface area (Å²) >= 11 is 7.04. The molecule has 0 fully saturated rings. The van der Waals surface area contributed by atoms with E-state index >= 15 is 0 Å². The monoisotopic (exact) mass is 368 g/mol. The third kappa shape index (κ3) is 1.75. The number of aromatic hydroxyl groups is 2. The molecule has 2 aromatic rings. The Kier molecular flexibility index (Phi) is 2.87. The van der Waals surface area contributed by atoms with Crippen molar-refractivity contribution in [1.82, 2.24) is 0 Å². The second kappa shape index (κ2) is 4.28. The summed E-state index contributed by atoms with van der Waals surface area (Å²) in [6.45, 7) is 0. The Morgan fingerprint density at radius 1 is 0.667 bits per heavy atom. The molecule has 0 aromatic heterocycles. The van der Waals surface area contributed by atoms with Crippen LogP contribution < -0.4 is 0 Å². The van der Waals surface area contributed by atoms with Crippen molar-refractivity contribution in [1.29, 1.82) is 0 Å². The van der Waals surface area contributed by atoms with Gasteiger partial charge in [0.2, 0.25) is 0 Å². The molecule has 0 saturated carbocycles. The molecule has 1 aliphatic carbocycles. The molecule has 2 nitrogen and oxygen atoms in total. The van der Waals surface area contributed by atoms with Crippen LogP contribution in [0.5, 0.6) is 11.5 Å². The van der Waals surface area contributed by atoms with Gasteiger partial charge < -0.3 is 10.2 Å². The molecule has 0 atom stereocenters. The zero-order valence-corrected chi connectivity index (χ0v) is 12.5. The van der Waals surface area contributed by atoms with Crippen LogP contribution in [0.4, 0.5) is 0 Å². The van der Waals surface area contributed by atoms with Crippen molar-refractivity contribution in [2.75, 3.05) is 0 Å². The van der Waals surface area contributed by atoms with Crippen molar-refractivity contribution < 1.29 is 10.2 Å². The van der Waals surface area contributed by atoms with Gasteiger partial charge in [-0.05, 0) is 35.4 Å². The lowest BCUT2D eigenvalue weighted by molar-refractivity contribution is 0.459. The predicted octanol–water partition coefficient (Wildman–Crippen LogP) is 4.12. The summed E-state index contributed by atoms with van der Waals surface area (Å²) in [7, 11) is 0. The highest BCUT2D eigenvalue weighted by Crippen LogP contribution is 2.41. The van der Waals surface area contributed by atoms with Crippen LogP contribution >= 0.6 is 31.9 Å². The first kappa shape index (κ1) is 12.1. The van der Waals surface area contributed by atoms with Crippen LogP contribution in [0.2, 0.25) is 0 Å². The van der Waals surface area contributed by atoms with Crippen LogP contribution in [-0.4, -0.2) is 10.2 Å². The Hall–Kier alpha value is -1.00. The summed E-state index contributed by atoms with van der Waals surface area (Å²) in [5, 5.41) is 19.9. The average molecular weight is 370 g/mol. The average Bonchev–Trinajstić information content (AvgIpc) is 2.37. The molecule has 0 spiro atoms. The van der Waals surface area contributed by atoms with Gasteiger partial charge in [0.15, 0.2) is 0 Å². The molecule has 18 heavy (non-hydrogen) atoms. The number of phenolic OH excluding ortho intramolecular Hbond substituents is 2. The molecule has 2 N–H and O–H groups in total. The van der Waals surface area contributed by atoms with Gasteiger partial charge in [-0.1, -0.05) is 31.9 Å². The molecule has 92 valence electrons. The SMILES string of the molecule is Oc1ccc(Br)c2c1Cc1c(O)ccc(Br)c1C2. The lowest BCUT2D eigenvalue weighted by Crippen LogP contribution is -2.09. The smallest absolute Gasteiger partial charge is 0.119 e. The molecule has 0 bridgehead atoms. The summed E-state index contributed by atoms with van der Waals surface area (Å²) in [6.07, 6.45) is 1.26. The van der Waals surface area contributed by atoms with Gasteiger partial charge in [-0.25, -0.2) is 0 Å². The maximum absolute atomic E-state index is 9.95. The molecule has 4 heteroatoms. The quantitative estimate of drug-likeness (QED) is 0.625. The van der Waals surface area contributed by atoms with Crippen LogP contribution in [0.15, 0.2) is 33.2 Å². The highest BCUT2D eigenvalue weighted by Gasteiger charge is 2.24. The fraction of sp³-hybridized carbons (Fsp3) is 0.143. The predicted molar refractivity (Wildman–Crippen MR) is 77.2 cm³/mol. The molecule has 0 aliphatic heterocycles. The highest BCUT2D eigenvalue weighted by molar-refractivity contribution is 9.10. The van der Waals surface area contributed by atoms with E-state index in [1.54, 1.807) is 12.1 Å². The first-order valence-corrected chi connectivity index (χ1v) is 7.15. The van der Waals surface area contributed by atoms with E-state index in [9.17, 15) is 10.2 Å². The minimum atomic E-state index is 0.290. The molecular formula is C14H10Br2O2. The van der Waals surface area contributed by atoms with Gasteiger partial charge in [-0.2, -0.15) is 0 Å². The van der Waals surface area contributed by atoms with Gasteiger partial charge in [0, 0.05) is 32.9 Å². The van der Waals surface area contributed by atoms with Crippen molar-refractivity contribution in [3.05, 3.63) is 55.5 Å². The van der Waals surface area contributed by atoms with Crippen LogP contribution in [-0.2, 0) is 12.8 Å². The molecule has 0 amide bonds. The number of phenols is 2. The second-order valence-corrected chi connectivity index (χ2v) is 6.11. The van der Waals surface area contributed by atoms with Crippen molar-refractivity contribution in [3.8, 4) is 11.5 Å². The first-order chi connectivity index (χ1) is 8.58. The summed E-state index contributed by atoms with van der Waals surface area (Å²) in [4.78, 5) is 0. The van der Waals surface area contributed by atoms with Crippen LogP contribution in [0.25, 0.3) is 0 Å². The Morgan fingerprint density at radius 3 is 1.50 bits per heavy atom. The fourth-order valence-corrected chi connectivity index (χ4v) is 3.46. The number of hydrogen-bond donors (Lipinski definition) is 2. The lowest BCUT2D eigenvalue weighted by Gasteiger charge is -2.23. The zero-order valence-electron chi connectivity index (χ0n) is 9.37. The Morgan fingerprint density at radius 2 is 1.06 bits per heavy atom. The van der Waals surface area contributed by atoms with E-state index in [-0.39, 0.29) is 0 Å². The maximum atomic E-state index is 9.95. The molecule has 0 heterocycles. The van der Waals surface area contributed by atoms with Crippen LogP contribution in [0.3, 0.4) is 0 Å². The van der Waals surface area contributed by atoms with Gasteiger partial charge in [-0.3, -0.25) is 0 Å². The normalized spacial score (nSPS) is 13.0. The van der Waals surface area contributed by atoms with Gasteiger partial charge in [0.1, 0.15) is 11.5 Å². The van der Waals surface area contributed by atoms with E-state index < -0.39 is 0 Å². The second-order valence-electron chi connectivity index (χ2n) is 4.40. The third-order valence-corrected chi connectivity index (χ3v) is 4.89. The summed E-state index contributed by atoms with van der Waals surface area (Å²) in [5.74, 6) is 0.580. The largest absolute Gasteiger partial charge is 0.508 e. The first-order valence-electron chi connectivity index (χ1n) is 5.56. The molecule has 0 saturated heterocycles. The van der Waals surface area contributed by atoms with E-state index in [4.69, 9.17) is 0 Å². The van der Waals surface area contributed by atoms with E-state index in [2.05, 4.69) is 31.9 Å². The summed E-state index contributed by atoms with van der Waals surface area (Å²) in [6, 6.07) is 7.08. The molecule has 0 radical (unpaired) electrons. The Bertz CT molecular complexity index is 539. The highest BCUT2D eigenvalue weighted by atomic mass is 79.9. The molecule has 0 unspecified atom stereocenters. The van der Waals surface area contributed by atoms with Crippen molar-refractivity contribution >= 4 is 31.9 Å². The molecule has 2 aromatic carbocycles. The van der Waals surface area contributed by atoms with Crippen molar-refractivity contribution in [2.24, 2.45) is 0 Å². The minimum Gasteiger partial charge on any atom is -0.508 e. The van der Waals surface area contributed by atoms with Crippen molar-refractivity contribution in [3.63, 3.8) is 0 Å².